The van der Waals surface area contributed by atoms with E-state index < -0.39 is 10.0 Å². The standard InChI is InChI=1S/C16H29N3O3S/c1-23(21,22)17-10-12-5-4-8-19(11-12)16(20)15-9-13-6-2-3-7-14(13)18-15/h12-15,17-18H,2-11H2,1H3. The highest BCUT2D eigenvalue weighted by atomic mass is 32.2. The third kappa shape index (κ3) is 4.45. The number of piperidine rings is 1. The topological polar surface area (TPSA) is 78.5 Å². The van der Waals surface area contributed by atoms with Gasteiger partial charge in [-0.2, -0.15) is 0 Å². The Balaban J connectivity index is 1.53. The first-order chi connectivity index (χ1) is 10.9. The normalized spacial score (nSPS) is 35.1. The van der Waals surface area contributed by atoms with E-state index in [1.54, 1.807) is 0 Å². The Hall–Kier alpha value is -0.660. The number of carbonyl (C=O) groups excluding carboxylic acids is 1. The zero-order valence-corrected chi connectivity index (χ0v) is 14.8. The van der Waals surface area contributed by atoms with Gasteiger partial charge in [-0.15, -0.1) is 0 Å². The number of amides is 1. The van der Waals surface area contributed by atoms with Gasteiger partial charge in [0.25, 0.3) is 0 Å². The van der Waals surface area contributed by atoms with Gasteiger partial charge in [0.15, 0.2) is 0 Å². The predicted molar refractivity (Wildman–Crippen MR) is 89.4 cm³/mol. The molecule has 2 heterocycles. The number of fused-ring (bicyclic) bond motifs is 1. The van der Waals surface area contributed by atoms with Crippen LogP contribution in [0.25, 0.3) is 0 Å². The lowest BCUT2D eigenvalue weighted by atomic mass is 9.85. The van der Waals surface area contributed by atoms with E-state index >= 15 is 0 Å². The number of likely N-dealkylation sites (tertiary alicyclic amines) is 1. The van der Waals surface area contributed by atoms with Crippen molar-refractivity contribution in [1.82, 2.24) is 14.9 Å². The maximum atomic E-state index is 12.8. The fourth-order valence-corrected chi connectivity index (χ4v) is 4.97. The van der Waals surface area contributed by atoms with Crippen molar-refractivity contribution in [3.63, 3.8) is 0 Å². The summed E-state index contributed by atoms with van der Waals surface area (Å²) < 4.78 is 25.1. The molecule has 23 heavy (non-hydrogen) atoms. The van der Waals surface area contributed by atoms with Crippen molar-refractivity contribution < 1.29 is 13.2 Å². The molecule has 0 radical (unpaired) electrons. The largest absolute Gasteiger partial charge is 0.341 e. The summed E-state index contributed by atoms with van der Waals surface area (Å²) in [5.74, 6) is 1.12. The molecule has 0 bridgehead atoms. The molecule has 2 aliphatic heterocycles. The molecule has 0 aromatic carbocycles. The zero-order valence-electron chi connectivity index (χ0n) is 14.0. The van der Waals surface area contributed by atoms with Gasteiger partial charge in [-0.3, -0.25) is 4.79 Å². The second kappa shape index (κ2) is 7.07. The Morgan fingerprint density at radius 2 is 2.00 bits per heavy atom. The molecule has 1 aliphatic carbocycles. The predicted octanol–water partition coefficient (Wildman–Crippen LogP) is 0.695. The van der Waals surface area contributed by atoms with Crippen molar-refractivity contribution in [2.75, 3.05) is 25.9 Å². The molecular formula is C16H29N3O3S. The minimum atomic E-state index is -3.16. The van der Waals surface area contributed by atoms with Gasteiger partial charge in [0.05, 0.1) is 12.3 Å². The zero-order chi connectivity index (χ0) is 16.4. The smallest absolute Gasteiger partial charge is 0.239 e. The van der Waals surface area contributed by atoms with E-state index in [1.807, 2.05) is 4.90 Å². The van der Waals surface area contributed by atoms with E-state index in [1.165, 1.54) is 31.9 Å². The number of carbonyl (C=O) groups is 1. The molecule has 7 heteroatoms. The molecule has 6 nitrogen and oxygen atoms in total. The first-order valence-corrected chi connectivity index (χ1v) is 10.8. The molecule has 0 aromatic rings. The molecule has 0 spiro atoms. The van der Waals surface area contributed by atoms with Crippen LogP contribution in [0.5, 0.6) is 0 Å². The Kier molecular flexibility index (Phi) is 5.28. The van der Waals surface area contributed by atoms with Crippen molar-refractivity contribution in [3.05, 3.63) is 0 Å². The average molecular weight is 343 g/mol. The number of hydrogen-bond acceptors (Lipinski definition) is 4. The van der Waals surface area contributed by atoms with E-state index in [-0.39, 0.29) is 17.9 Å². The van der Waals surface area contributed by atoms with Gasteiger partial charge in [-0.05, 0) is 43.9 Å². The lowest BCUT2D eigenvalue weighted by Crippen LogP contribution is -2.50. The van der Waals surface area contributed by atoms with Gasteiger partial charge in [0.1, 0.15) is 0 Å². The molecule has 4 atom stereocenters. The van der Waals surface area contributed by atoms with E-state index in [4.69, 9.17) is 0 Å². The molecule has 3 fully saturated rings. The lowest BCUT2D eigenvalue weighted by molar-refractivity contribution is -0.135. The second-order valence-electron chi connectivity index (χ2n) is 7.52. The summed E-state index contributed by atoms with van der Waals surface area (Å²) >= 11 is 0. The maximum Gasteiger partial charge on any atom is 0.239 e. The van der Waals surface area contributed by atoms with Crippen LogP contribution < -0.4 is 10.0 Å². The molecule has 2 saturated heterocycles. The molecule has 3 aliphatic rings. The summed E-state index contributed by atoms with van der Waals surface area (Å²) in [5.41, 5.74) is 0. The number of nitrogens with zero attached hydrogens (tertiary/aromatic N) is 1. The van der Waals surface area contributed by atoms with Gasteiger partial charge in [-0.1, -0.05) is 12.8 Å². The third-order valence-electron chi connectivity index (χ3n) is 5.63. The van der Waals surface area contributed by atoms with E-state index in [2.05, 4.69) is 10.0 Å². The van der Waals surface area contributed by atoms with Gasteiger partial charge in [0.2, 0.25) is 15.9 Å². The van der Waals surface area contributed by atoms with E-state index in [0.717, 1.165) is 25.8 Å². The Morgan fingerprint density at radius 1 is 1.22 bits per heavy atom. The second-order valence-corrected chi connectivity index (χ2v) is 9.35. The Bertz CT molecular complexity index is 523. The fourth-order valence-electron chi connectivity index (χ4n) is 4.43. The maximum absolute atomic E-state index is 12.8. The van der Waals surface area contributed by atoms with Crippen molar-refractivity contribution in [1.29, 1.82) is 0 Å². The number of sulfonamides is 1. The molecule has 2 N–H and O–H groups in total. The highest BCUT2D eigenvalue weighted by molar-refractivity contribution is 7.88. The van der Waals surface area contributed by atoms with Gasteiger partial charge < -0.3 is 10.2 Å². The molecular weight excluding hydrogens is 314 g/mol. The quantitative estimate of drug-likeness (QED) is 0.787. The van der Waals surface area contributed by atoms with E-state index in [0.29, 0.717) is 25.0 Å². The summed E-state index contributed by atoms with van der Waals surface area (Å²) in [6.45, 7) is 1.92. The molecule has 1 saturated carbocycles. The highest BCUT2D eigenvalue weighted by Crippen LogP contribution is 2.34. The highest BCUT2D eigenvalue weighted by Gasteiger charge is 2.40. The third-order valence-corrected chi connectivity index (χ3v) is 6.32. The average Bonchev–Trinajstić information content (AvgIpc) is 2.96. The summed E-state index contributed by atoms with van der Waals surface area (Å²) in [6, 6.07) is 0.509. The van der Waals surface area contributed by atoms with Crippen LogP contribution in [0.3, 0.4) is 0 Å². The first-order valence-electron chi connectivity index (χ1n) is 8.92. The van der Waals surface area contributed by atoms with Crippen LogP contribution in [0, 0.1) is 11.8 Å². The van der Waals surface area contributed by atoms with Gasteiger partial charge in [0, 0.05) is 25.7 Å². The molecule has 1 amide bonds. The summed E-state index contributed by atoms with van der Waals surface area (Å²) in [4.78, 5) is 14.8. The van der Waals surface area contributed by atoms with Crippen LogP contribution in [0.4, 0.5) is 0 Å². The lowest BCUT2D eigenvalue weighted by Gasteiger charge is -2.34. The Morgan fingerprint density at radius 3 is 2.74 bits per heavy atom. The van der Waals surface area contributed by atoms with Gasteiger partial charge >= 0.3 is 0 Å². The molecule has 132 valence electrons. The SMILES string of the molecule is CS(=O)(=O)NCC1CCCN(C(=O)C2CC3CCCCC3N2)C1. The number of rotatable bonds is 4. The van der Waals surface area contributed by atoms with Crippen LogP contribution >= 0.6 is 0 Å². The minimum Gasteiger partial charge on any atom is -0.341 e. The van der Waals surface area contributed by atoms with Gasteiger partial charge in [-0.25, -0.2) is 13.1 Å². The molecule has 3 rings (SSSR count). The number of hydrogen-bond donors (Lipinski definition) is 2. The summed E-state index contributed by atoms with van der Waals surface area (Å²) in [7, 11) is -3.16. The molecule has 0 aromatic heterocycles. The van der Waals surface area contributed by atoms with Crippen molar-refractivity contribution in [3.8, 4) is 0 Å². The van der Waals surface area contributed by atoms with Crippen molar-refractivity contribution >= 4 is 15.9 Å². The monoisotopic (exact) mass is 343 g/mol. The van der Waals surface area contributed by atoms with Crippen LogP contribution in [0.2, 0.25) is 0 Å². The summed E-state index contributed by atoms with van der Waals surface area (Å²) in [5, 5.41) is 3.56. The van der Waals surface area contributed by atoms with E-state index in [9.17, 15) is 13.2 Å². The van der Waals surface area contributed by atoms with Crippen LogP contribution in [-0.4, -0.2) is 57.2 Å². The first kappa shape index (κ1) is 17.2. The fraction of sp³-hybridized carbons (Fsp3) is 0.938. The van der Waals surface area contributed by atoms with Crippen LogP contribution in [-0.2, 0) is 14.8 Å². The summed E-state index contributed by atoms with van der Waals surface area (Å²) in [6.07, 6.45) is 9.13. The van der Waals surface area contributed by atoms with Crippen LogP contribution in [0.15, 0.2) is 0 Å². The minimum absolute atomic E-state index is 0.0234. The van der Waals surface area contributed by atoms with Crippen molar-refractivity contribution in [2.45, 2.75) is 57.0 Å². The van der Waals surface area contributed by atoms with Crippen LogP contribution in [0.1, 0.15) is 44.9 Å². The van der Waals surface area contributed by atoms with Crippen molar-refractivity contribution in [2.24, 2.45) is 11.8 Å². The number of nitrogens with one attached hydrogen (secondary N) is 2. The molecule has 4 unspecified atom stereocenters. The Labute approximate surface area is 139 Å².